The lowest BCUT2D eigenvalue weighted by molar-refractivity contribution is 0.0992. The molecule has 36 heavy (non-hydrogen) atoms. The molecule has 0 radical (unpaired) electrons. The van der Waals surface area contributed by atoms with Gasteiger partial charge in [-0.2, -0.15) is 5.10 Å². The molecule has 3 N–H and O–H groups in total. The number of carbonyl (C=O) groups is 2. The molecular weight excluding hydrogens is 482 g/mol. The van der Waals surface area contributed by atoms with Crippen LogP contribution in [0.15, 0.2) is 48.7 Å². The Morgan fingerprint density at radius 1 is 1.14 bits per heavy atom. The van der Waals surface area contributed by atoms with Crippen molar-refractivity contribution >= 4 is 29.1 Å². The molecule has 4 aromatic rings. The second kappa shape index (κ2) is 8.39. The van der Waals surface area contributed by atoms with E-state index in [2.05, 4.69) is 15.4 Å². The van der Waals surface area contributed by atoms with Gasteiger partial charge in [-0.05, 0) is 61.7 Å². The van der Waals surface area contributed by atoms with Gasteiger partial charge in [0.05, 0.1) is 16.9 Å². The SMILES string of the molecule is Cc1c(-n2nc(C(N)=O)c3c2-c2cc(NC(=O)c4cccnc4Cl)ccc2CC3)ccc2c1OCO2. The van der Waals surface area contributed by atoms with Crippen LogP contribution in [0, 0.1) is 6.92 Å². The molecule has 2 aromatic heterocycles. The molecule has 0 saturated heterocycles. The number of rotatable bonds is 4. The van der Waals surface area contributed by atoms with E-state index in [1.807, 2.05) is 37.3 Å². The van der Waals surface area contributed by atoms with Crippen molar-refractivity contribution in [2.75, 3.05) is 12.1 Å². The number of amides is 2. The third kappa shape index (κ3) is 3.47. The van der Waals surface area contributed by atoms with Gasteiger partial charge in [-0.15, -0.1) is 0 Å². The number of primary amides is 1. The number of hydrogen-bond acceptors (Lipinski definition) is 6. The molecule has 10 heteroatoms. The van der Waals surface area contributed by atoms with E-state index in [-0.39, 0.29) is 29.1 Å². The molecule has 0 bridgehead atoms. The van der Waals surface area contributed by atoms with Crippen LogP contribution in [-0.4, -0.2) is 33.4 Å². The van der Waals surface area contributed by atoms with E-state index in [1.54, 1.807) is 16.8 Å². The van der Waals surface area contributed by atoms with Gasteiger partial charge < -0.3 is 20.5 Å². The maximum Gasteiger partial charge on any atom is 0.269 e. The highest BCUT2D eigenvalue weighted by Crippen LogP contribution is 2.42. The zero-order chi connectivity index (χ0) is 25.0. The molecule has 9 nitrogen and oxygen atoms in total. The molecule has 3 heterocycles. The summed E-state index contributed by atoms with van der Waals surface area (Å²) in [6.07, 6.45) is 2.84. The summed E-state index contributed by atoms with van der Waals surface area (Å²) in [7, 11) is 0. The fraction of sp³-hybridized carbons (Fsp3) is 0.154. The van der Waals surface area contributed by atoms with Gasteiger partial charge in [-0.1, -0.05) is 17.7 Å². The summed E-state index contributed by atoms with van der Waals surface area (Å²) in [5.74, 6) is 0.333. The summed E-state index contributed by atoms with van der Waals surface area (Å²) < 4.78 is 12.9. The van der Waals surface area contributed by atoms with E-state index < -0.39 is 5.91 Å². The number of fused-ring (bicyclic) bond motifs is 4. The average Bonchev–Trinajstić information content (AvgIpc) is 3.50. The molecule has 2 aromatic carbocycles. The highest BCUT2D eigenvalue weighted by atomic mass is 35.5. The summed E-state index contributed by atoms with van der Waals surface area (Å²) in [5, 5.41) is 7.65. The van der Waals surface area contributed by atoms with Crippen LogP contribution in [0.25, 0.3) is 16.9 Å². The van der Waals surface area contributed by atoms with Crippen LogP contribution in [0.4, 0.5) is 5.69 Å². The quantitative estimate of drug-likeness (QED) is 0.406. The third-order valence-electron chi connectivity index (χ3n) is 6.47. The normalized spacial score (nSPS) is 13.2. The lowest BCUT2D eigenvalue weighted by Crippen LogP contribution is -2.16. The van der Waals surface area contributed by atoms with Crippen LogP contribution < -0.4 is 20.5 Å². The zero-order valence-electron chi connectivity index (χ0n) is 19.2. The standard InChI is InChI=1S/C26H20ClN5O4/c1-13-19(8-9-20-23(13)36-12-35-20)32-22-16(21(31-32)25(28)33)7-5-14-4-6-15(11-18(14)22)30-26(34)17-3-2-10-29-24(17)27/h2-4,6,8-11H,5,7,12H2,1H3,(H2,28,33)(H,30,34). The number of aromatic nitrogens is 3. The Balaban J connectivity index is 1.48. The second-order valence-corrected chi connectivity index (χ2v) is 8.92. The minimum absolute atomic E-state index is 0.123. The monoisotopic (exact) mass is 501 g/mol. The van der Waals surface area contributed by atoms with Crippen LogP contribution in [-0.2, 0) is 12.8 Å². The molecule has 1 aliphatic heterocycles. The number of hydrogen-bond donors (Lipinski definition) is 2. The number of benzene rings is 2. The Labute approximate surface area is 210 Å². The van der Waals surface area contributed by atoms with Crippen molar-refractivity contribution in [3.63, 3.8) is 0 Å². The number of pyridine rings is 1. The Morgan fingerprint density at radius 2 is 2.00 bits per heavy atom. The highest BCUT2D eigenvalue weighted by Gasteiger charge is 2.30. The lowest BCUT2D eigenvalue weighted by atomic mass is 9.88. The molecule has 0 unspecified atom stereocenters. The number of nitrogens with two attached hydrogens (primary N) is 1. The molecule has 1 aliphatic carbocycles. The van der Waals surface area contributed by atoms with Gasteiger partial charge in [-0.3, -0.25) is 9.59 Å². The number of carbonyl (C=O) groups excluding carboxylic acids is 2. The maximum atomic E-state index is 12.8. The average molecular weight is 502 g/mol. The van der Waals surface area contributed by atoms with E-state index >= 15 is 0 Å². The van der Waals surface area contributed by atoms with Crippen molar-refractivity contribution in [3.8, 4) is 28.4 Å². The molecule has 0 fully saturated rings. The Bertz CT molecular complexity index is 1580. The van der Waals surface area contributed by atoms with Crippen LogP contribution in [0.5, 0.6) is 11.5 Å². The predicted molar refractivity (Wildman–Crippen MR) is 133 cm³/mol. The largest absolute Gasteiger partial charge is 0.454 e. The molecule has 180 valence electrons. The van der Waals surface area contributed by atoms with E-state index in [4.69, 9.17) is 26.8 Å². The first kappa shape index (κ1) is 22.1. The van der Waals surface area contributed by atoms with Gasteiger partial charge in [-0.25, -0.2) is 9.67 Å². The van der Waals surface area contributed by atoms with Crippen LogP contribution in [0.2, 0.25) is 5.15 Å². The number of nitrogens with zero attached hydrogens (tertiary/aromatic N) is 3. The number of anilines is 1. The fourth-order valence-corrected chi connectivity index (χ4v) is 4.98. The fourth-order valence-electron chi connectivity index (χ4n) is 4.77. The predicted octanol–water partition coefficient (Wildman–Crippen LogP) is 4.07. The summed E-state index contributed by atoms with van der Waals surface area (Å²) in [5.41, 5.74) is 11.8. The van der Waals surface area contributed by atoms with Crippen molar-refractivity contribution in [3.05, 3.63) is 81.8 Å². The molecular formula is C26H20ClN5O4. The summed E-state index contributed by atoms with van der Waals surface area (Å²) in [4.78, 5) is 29.1. The van der Waals surface area contributed by atoms with E-state index in [1.165, 1.54) is 6.20 Å². The Kier molecular flexibility index (Phi) is 5.15. The zero-order valence-corrected chi connectivity index (χ0v) is 19.9. The minimum Gasteiger partial charge on any atom is -0.454 e. The van der Waals surface area contributed by atoms with E-state index in [0.717, 1.165) is 33.6 Å². The first-order valence-electron chi connectivity index (χ1n) is 11.3. The summed E-state index contributed by atoms with van der Waals surface area (Å²) >= 11 is 6.10. The van der Waals surface area contributed by atoms with Crippen molar-refractivity contribution in [1.29, 1.82) is 0 Å². The minimum atomic E-state index is -0.595. The first-order valence-corrected chi connectivity index (χ1v) is 11.7. The Morgan fingerprint density at radius 3 is 2.81 bits per heavy atom. The van der Waals surface area contributed by atoms with Gasteiger partial charge in [0, 0.05) is 28.6 Å². The summed E-state index contributed by atoms with van der Waals surface area (Å²) in [6.45, 7) is 2.06. The van der Waals surface area contributed by atoms with Gasteiger partial charge >= 0.3 is 0 Å². The molecule has 2 aliphatic rings. The lowest BCUT2D eigenvalue weighted by Gasteiger charge is -2.21. The summed E-state index contributed by atoms with van der Waals surface area (Å²) in [6, 6.07) is 12.6. The van der Waals surface area contributed by atoms with E-state index in [0.29, 0.717) is 30.0 Å². The highest BCUT2D eigenvalue weighted by molar-refractivity contribution is 6.33. The number of ether oxygens (including phenoxy) is 2. The molecule has 0 saturated carbocycles. The first-order chi connectivity index (χ1) is 17.4. The molecule has 2 amide bonds. The third-order valence-corrected chi connectivity index (χ3v) is 6.78. The van der Waals surface area contributed by atoms with Crippen LogP contribution >= 0.6 is 11.6 Å². The second-order valence-electron chi connectivity index (χ2n) is 8.56. The van der Waals surface area contributed by atoms with Crippen LogP contribution in [0.3, 0.4) is 0 Å². The smallest absolute Gasteiger partial charge is 0.269 e. The number of halogens is 1. The van der Waals surface area contributed by atoms with Crippen molar-refractivity contribution in [1.82, 2.24) is 14.8 Å². The van der Waals surface area contributed by atoms with Crippen molar-refractivity contribution < 1.29 is 19.1 Å². The van der Waals surface area contributed by atoms with Gasteiger partial charge in [0.2, 0.25) is 6.79 Å². The Hall–Kier alpha value is -4.37. The van der Waals surface area contributed by atoms with Crippen LogP contribution in [0.1, 0.15) is 37.5 Å². The number of aryl methyl sites for hydroxylation is 1. The van der Waals surface area contributed by atoms with E-state index in [9.17, 15) is 9.59 Å². The molecule has 0 atom stereocenters. The molecule has 0 spiro atoms. The van der Waals surface area contributed by atoms with Crippen molar-refractivity contribution in [2.45, 2.75) is 19.8 Å². The molecule has 6 rings (SSSR count). The van der Waals surface area contributed by atoms with Crippen molar-refractivity contribution in [2.24, 2.45) is 5.73 Å². The maximum absolute atomic E-state index is 12.8. The topological polar surface area (TPSA) is 121 Å². The van der Waals surface area contributed by atoms with Gasteiger partial charge in [0.1, 0.15) is 5.15 Å². The number of nitrogens with one attached hydrogen (secondary N) is 1. The van der Waals surface area contributed by atoms with Gasteiger partial charge in [0.15, 0.2) is 17.2 Å². The van der Waals surface area contributed by atoms with Gasteiger partial charge in [0.25, 0.3) is 11.8 Å².